The summed E-state index contributed by atoms with van der Waals surface area (Å²) in [5.41, 5.74) is 3.57. The Morgan fingerprint density at radius 1 is 0.860 bits per heavy atom. The van der Waals surface area contributed by atoms with Crippen LogP contribution in [0.5, 0.6) is 0 Å². The van der Waals surface area contributed by atoms with Crippen molar-refractivity contribution in [2.45, 2.75) is 0 Å². The zero-order valence-electron chi connectivity index (χ0n) is 24.3. The summed E-state index contributed by atoms with van der Waals surface area (Å²) in [4.78, 5) is 37.0. The fraction of sp³-hybridized carbons (Fsp3) is 0.355. The number of piperazine rings is 1. The monoisotopic (exact) mass is 583 g/mol. The van der Waals surface area contributed by atoms with Crippen molar-refractivity contribution in [3.05, 3.63) is 72.4 Å². The third kappa shape index (κ3) is 7.11. The van der Waals surface area contributed by atoms with Gasteiger partial charge in [-0.05, 0) is 67.7 Å². The topological polar surface area (TPSA) is 119 Å². The summed E-state index contributed by atoms with van der Waals surface area (Å²) in [7, 11) is 2.13. The second-order valence-corrected chi connectivity index (χ2v) is 10.8. The van der Waals surface area contributed by atoms with E-state index in [1.165, 1.54) is 0 Å². The number of amides is 3. The van der Waals surface area contributed by atoms with Gasteiger partial charge in [0.15, 0.2) is 11.6 Å². The minimum atomic E-state index is -0.378. The smallest absolute Gasteiger partial charge is 0.323 e. The van der Waals surface area contributed by atoms with E-state index >= 15 is 0 Å². The maximum Gasteiger partial charge on any atom is 0.323 e. The predicted molar refractivity (Wildman–Crippen MR) is 167 cm³/mol. The molecule has 4 aromatic rings. The number of ether oxygens (including phenoxy) is 1. The number of carbonyl (C=O) groups excluding carboxylic acids is 2. The molecule has 3 amide bonds. The van der Waals surface area contributed by atoms with Crippen molar-refractivity contribution >= 4 is 34.6 Å². The van der Waals surface area contributed by atoms with E-state index in [9.17, 15) is 9.59 Å². The molecule has 0 aliphatic carbocycles. The van der Waals surface area contributed by atoms with Crippen molar-refractivity contribution in [2.75, 3.05) is 88.2 Å². The van der Waals surface area contributed by atoms with E-state index < -0.39 is 0 Å². The van der Waals surface area contributed by atoms with Crippen LogP contribution in [0.25, 0.3) is 16.9 Å². The van der Waals surface area contributed by atoms with Crippen LogP contribution < -0.4 is 20.9 Å². The minimum absolute atomic E-state index is 0.123. The molecule has 0 unspecified atom stereocenters. The largest absolute Gasteiger partial charge is 0.378 e. The number of nitrogens with one attached hydrogen (secondary N) is 3. The molecule has 0 saturated carbocycles. The van der Waals surface area contributed by atoms with Gasteiger partial charge in [-0.2, -0.15) is 0 Å². The molecule has 12 nitrogen and oxygen atoms in total. The molecule has 6 rings (SSSR count). The maximum atomic E-state index is 12.7. The number of urea groups is 1. The van der Waals surface area contributed by atoms with Gasteiger partial charge in [-0.15, -0.1) is 5.10 Å². The number of hydrogen-bond acceptors (Lipinski definition) is 8. The molecule has 2 aliphatic rings. The third-order valence-corrected chi connectivity index (χ3v) is 7.80. The van der Waals surface area contributed by atoms with Gasteiger partial charge in [0.25, 0.3) is 5.91 Å². The summed E-state index contributed by atoms with van der Waals surface area (Å²) in [6.45, 7) is 8.50. The SMILES string of the molecule is CN1CCN(CCNC(=O)c2ccc(NC(=O)Nc3ccc(-c4nc(N5CCOCC5)c5cccn5n4)cc3)cc2)CC1. The van der Waals surface area contributed by atoms with Gasteiger partial charge in [0, 0.05) is 81.1 Å². The van der Waals surface area contributed by atoms with Crippen molar-refractivity contribution in [2.24, 2.45) is 0 Å². The van der Waals surface area contributed by atoms with Gasteiger partial charge in [-0.3, -0.25) is 9.69 Å². The fourth-order valence-electron chi connectivity index (χ4n) is 5.25. The fourth-order valence-corrected chi connectivity index (χ4v) is 5.25. The number of fused-ring (bicyclic) bond motifs is 1. The van der Waals surface area contributed by atoms with Crippen LogP contribution in [0.15, 0.2) is 66.9 Å². The highest BCUT2D eigenvalue weighted by Crippen LogP contribution is 2.25. The van der Waals surface area contributed by atoms with Crippen LogP contribution in [0.2, 0.25) is 0 Å². The summed E-state index contributed by atoms with van der Waals surface area (Å²) in [5.74, 6) is 1.36. The Bertz CT molecular complexity index is 1540. The van der Waals surface area contributed by atoms with E-state index in [2.05, 4.69) is 42.8 Å². The minimum Gasteiger partial charge on any atom is -0.378 e. The zero-order chi connectivity index (χ0) is 29.6. The van der Waals surface area contributed by atoms with Crippen LogP contribution in [0.1, 0.15) is 10.4 Å². The van der Waals surface area contributed by atoms with Gasteiger partial charge in [0.1, 0.15) is 5.52 Å². The summed E-state index contributed by atoms with van der Waals surface area (Å²) in [5, 5.41) is 13.3. The van der Waals surface area contributed by atoms with Crippen LogP contribution in [-0.2, 0) is 4.74 Å². The first-order valence-electron chi connectivity index (χ1n) is 14.7. The summed E-state index contributed by atoms with van der Waals surface area (Å²) in [6.07, 6.45) is 1.92. The van der Waals surface area contributed by atoms with Crippen molar-refractivity contribution < 1.29 is 14.3 Å². The van der Waals surface area contributed by atoms with Crippen LogP contribution in [0.4, 0.5) is 22.0 Å². The number of aromatic nitrogens is 3. The summed E-state index contributed by atoms with van der Waals surface area (Å²) < 4.78 is 7.35. The lowest BCUT2D eigenvalue weighted by Crippen LogP contribution is -2.46. The quantitative estimate of drug-likeness (QED) is 0.290. The average Bonchev–Trinajstić information content (AvgIpc) is 3.52. The number of morpholine rings is 1. The normalized spacial score (nSPS) is 16.3. The summed E-state index contributed by atoms with van der Waals surface area (Å²) in [6, 6.07) is 17.9. The lowest BCUT2D eigenvalue weighted by molar-refractivity contribution is 0.0941. The van der Waals surface area contributed by atoms with Gasteiger partial charge in [0.05, 0.1) is 13.2 Å². The van der Waals surface area contributed by atoms with Gasteiger partial charge < -0.3 is 30.5 Å². The number of hydrogen-bond donors (Lipinski definition) is 3. The Morgan fingerprint density at radius 3 is 2.23 bits per heavy atom. The average molecular weight is 584 g/mol. The molecule has 2 aromatic carbocycles. The number of likely N-dealkylation sites (N-methyl/N-ethyl adjacent to an activating group) is 1. The van der Waals surface area contributed by atoms with E-state index in [1.807, 2.05) is 47.1 Å². The number of benzene rings is 2. The van der Waals surface area contributed by atoms with E-state index in [1.54, 1.807) is 24.3 Å². The summed E-state index contributed by atoms with van der Waals surface area (Å²) >= 11 is 0. The van der Waals surface area contributed by atoms with Crippen molar-refractivity contribution in [3.63, 3.8) is 0 Å². The second-order valence-electron chi connectivity index (χ2n) is 10.8. The first-order chi connectivity index (χ1) is 21.0. The standard InChI is InChI=1S/C31H37N9O3/c1-37-15-17-38(18-16-37)14-12-32-30(41)24-6-10-26(11-7-24)34-31(42)33-25-8-4-23(5-9-25)28-35-29(39-19-21-43-22-20-39)27-3-2-13-40(27)36-28/h2-11,13H,12,14-22H2,1H3,(H,32,41)(H2,33,34,42). The molecule has 12 heteroatoms. The first kappa shape index (κ1) is 28.6. The van der Waals surface area contributed by atoms with Gasteiger partial charge in [-0.1, -0.05) is 0 Å². The van der Waals surface area contributed by atoms with Crippen molar-refractivity contribution in [3.8, 4) is 11.4 Å². The molecule has 0 spiro atoms. The molecule has 43 heavy (non-hydrogen) atoms. The second kappa shape index (κ2) is 13.2. The van der Waals surface area contributed by atoms with Crippen molar-refractivity contribution in [1.29, 1.82) is 0 Å². The Balaban J connectivity index is 1.02. The number of anilines is 3. The number of nitrogens with zero attached hydrogens (tertiary/aromatic N) is 6. The molecule has 2 aromatic heterocycles. The molecular weight excluding hydrogens is 546 g/mol. The molecule has 4 heterocycles. The first-order valence-corrected chi connectivity index (χ1v) is 14.7. The molecule has 0 bridgehead atoms. The van der Waals surface area contributed by atoms with Crippen LogP contribution in [0.3, 0.4) is 0 Å². The van der Waals surface area contributed by atoms with Crippen LogP contribution in [-0.4, -0.2) is 109 Å². The molecule has 3 N–H and O–H groups in total. The van der Waals surface area contributed by atoms with Crippen LogP contribution >= 0.6 is 0 Å². The molecule has 2 aliphatic heterocycles. The van der Waals surface area contributed by atoms with Crippen LogP contribution in [0, 0.1) is 0 Å². The molecule has 2 saturated heterocycles. The van der Waals surface area contributed by atoms with Gasteiger partial charge in [0.2, 0.25) is 0 Å². The molecular formula is C31H37N9O3. The number of carbonyl (C=O) groups is 2. The van der Waals surface area contributed by atoms with Crippen molar-refractivity contribution in [1.82, 2.24) is 29.7 Å². The Labute approximate surface area is 250 Å². The third-order valence-electron chi connectivity index (χ3n) is 7.80. The Kier molecular flexibility index (Phi) is 8.77. The number of rotatable bonds is 8. The van der Waals surface area contributed by atoms with E-state index in [0.29, 0.717) is 42.5 Å². The zero-order valence-corrected chi connectivity index (χ0v) is 24.3. The van der Waals surface area contributed by atoms with Gasteiger partial charge in [-0.25, -0.2) is 14.3 Å². The highest BCUT2D eigenvalue weighted by molar-refractivity contribution is 6.00. The van der Waals surface area contributed by atoms with E-state index in [-0.39, 0.29) is 11.9 Å². The highest BCUT2D eigenvalue weighted by atomic mass is 16.5. The molecule has 224 valence electrons. The maximum absolute atomic E-state index is 12.7. The lowest BCUT2D eigenvalue weighted by Gasteiger charge is -2.32. The Hall–Kier alpha value is -4.52. The molecule has 2 fully saturated rings. The Morgan fingerprint density at radius 2 is 1.53 bits per heavy atom. The van der Waals surface area contributed by atoms with E-state index in [0.717, 1.165) is 62.7 Å². The molecule has 0 atom stereocenters. The van der Waals surface area contributed by atoms with Gasteiger partial charge >= 0.3 is 6.03 Å². The predicted octanol–water partition coefficient (Wildman–Crippen LogP) is 2.85. The highest BCUT2D eigenvalue weighted by Gasteiger charge is 2.18. The lowest BCUT2D eigenvalue weighted by atomic mass is 10.2. The van der Waals surface area contributed by atoms with E-state index in [4.69, 9.17) is 9.72 Å². The molecule has 0 radical (unpaired) electrons.